The van der Waals surface area contributed by atoms with Gasteiger partial charge in [0.15, 0.2) is 5.69 Å². The second-order valence-corrected chi connectivity index (χ2v) is 5.36. The summed E-state index contributed by atoms with van der Waals surface area (Å²) in [5.41, 5.74) is -0.643. The molecule has 0 saturated heterocycles. The molecule has 2 rings (SSSR count). The summed E-state index contributed by atoms with van der Waals surface area (Å²) in [7, 11) is 2.77. The van der Waals surface area contributed by atoms with Gasteiger partial charge in [-0.25, -0.2) is 0 Å². The molecule has 0 unspecified atom stereocenters. The number of carbonyl (C=O) groups is 1. The minimum absolute atomic E-state index is 0.123. The number of amides is 1. The van der Waals surface area contributed by atoms with Crippen molar-refractivity contribution in [2.24, 2.45) is 7.05 Å². The summed E-state index contributed by atoms with van der Waals surface area (Å²) in [6.07, 6.45) is -3.14. The van der Waals surface area contributed by atoms with Crippen LogP contribution in [0.3, 0.4) is 0 Å². The van der Waals surface area contributed by atoms with E-state index in [9.17, 15) is 18.0 Å². The van der Waals surface area contributed by atoms with Crippen LogP contribution in [0.1, 0.15) is 28.8 Å². The van der Waals surface area contributed by atoms with Crippen molar-refractivity contribution in [3.63, 3.8) is 0 Å². The predicted molar refractivity (Wildman–Crippen MR) is 76.9 cm³/mol. The van der Waals surface area contributed by atoms with Gasteiger partial charge in [-0.2, -0.15) is 23.4 Å². The summed E-state index contributed by atoms with van der Waals surface area (Å²) in [6.45, 7) is 2.55. The molecule has 0 aliphatic rings. The molecule has 23 heavy (non-hydrogen) atoms. The number of rotatable bonds is 4. The van der Waals surface area contributed by atoms with Crippen molar-refractivity contribution >= 4 is 17.5 Å². The average Bonchev–Trinajstić information content (AvgIpc) is 3.02. The van der Waals surface area contributed by atoms with Gasteiger partial charge in [0.2, 0.25) is 0 Å². The molecule has 126 valence electrons. The number of halogens is 4. The molecular weight excluding hydrogens is 335 g/mol. The van der Waals surface area contributed by atoms with E-state index in [1.807, 2.05) is 6.92 Å². The first-order valence-electron chi connectivity index (χ1n) is 6.72. The summed E-state index contributed by atoms with van der Waals surface area (Å²) in [6, 6.07) is 0.734. The van der Waals surface area contributed by atoms with Gasteiger partial charge >= 0.3 is 6.18 Å². The molecule has 2 aromatic rings. The van der Waals surface area contributed by atoms with E-state index in [1.165, 1.54) is 25.2 Å². The summed E-state index contributed by atoms with van der Waals surface area (Å²) < 4.78 is 40.6. The van der Waals surface area contributed by atoms with Gasteiger partial charge in [0.1, 0.15) is 5.69 Å². The second kappa shape index (κ2) is 6.23. The number of carbonyl (C=O) groups excluding carboxylic acids is 1. The minimum atomic E-state index is -4.60. The average molecular weight is 350 g/mol. The van der Waals surface area contributed by atoms with Crippen LogP contribution in [0.4, 0.5) is 13.2 Å². The van der Waals surface area contributed by atoms with Crippen LogP contribution in [0, 0.1) is 0 Å². The van der Waals surface area contributed by atoms with Gasteiger partial charge < -0.3 is 4.90 Å². The van der Waals surface area contributed by atoms with Gasteiger partial charge in [-0.15, -0.1) is 0 Å². The van der Waals surface area contributed by atoms with E-state index >= 15 is 0 Å². The van der Waals surface area contributed by atoms with Crippen molar-refractivity contribution < 1.29 is 18.0 Å². The molecule has 0 fully saturated rings. The normalized spacial score (nSPS) is 11.8. The first-order chi connectivity index (χ1) is 10.6. The second-order valence-electron chi connectivity index (χ2n) is 4.95. The molecule has 0 spiro atoms. The Kier molecular flexibility index (Phi) is 4.69. The molecule has 0 bridgehead atoms. The Morgan fingerprint density at radius 1 is 1.43 bits per heavy atom. The van der Waals surface area contributed by atoms with Crippen molar-refractivity contribution in [2.75, 3.05) is 7.05 Å². The van der Waals surface area contributed by atoms with Crippen LogP contribution in [0.25, 0.3) is 0 Å². The number of alkyl halides is 3. The van der Waals surface area contributed by atoms with Crippen LogP contribution in [0.2, 0.25) is 5.02 Å². The number of aromatic nitrogens is 4. The zero-order chi connectivity index (χ0) is 17.4. The van der Waals surface area contributed by atoms with Crippen molar-refractivity contribution in [1.82, 2.24) is 24.5 Å². The maximum Gasteiger partial charge on any atom is 0.435 e. The third kappa shape index (κ3) is 3.49. The van der Waals surface area contributed by atoms with Crippen LogP contribution in [-0.2, 0) is 26.3 Å². The zero-order valence-corrected chi connectivity index (χ0v) is 13.5. The molecule has 0 aromatic carbocycles. The third-order valence-corrected chi connectivity index (χ3v) is 3.64. The van der Waals surface area contributed by atoms with Crippen molar-refractivity contribution in [3.8, 4) is 0 Å². The molecule has 10 heteroatoms. The summed E-state index contributed by atoms with van der Waals surface area (Å²) in [5.74, 6) is -0.588. The quantitative estimate of drug-likeness (QED) is 0.852. The Morgan fingerprint density at radius 3 is 2.61 bits per heavy atom. The van der Waals surface area contributed by atoms with Gasteiger partial charge in [-0.1, -0.05) is 11.6 Å². The monoisotopic (exact) mass is 349 g/mol. The lowest BCUT2D eigenvalue weighted by molar-refractivity contribution is -0.141. The highest BCUT2D eigenvalue weighted by molar-refractivity contribution is 6.31. The Balaban J connectivity index is 2.23. The topological polar surface area (TPSA) is 56.0 Å². The molecule has 0 radical (unpaired) electrons. The first-order valence-corrected chi connectivity index (χ1v) is 7.09. The van der Waals surface area contributed by atoms with Crippen molar-refractivity contribution in [1.29, 1.82) is 0 Å². The number of hydrogen-bond acceptors (Lipinski definition) is 3. The van der Waals surface area contributed by atoms with Gasteiger partial charge in [0.25, 0.3) is 5.91 Å². The fourth-order valence-electron chi connectivity index (χ4n) is 2.12. The molecule has 0 atom stereocenters. The van der Waals surface area contributed by atoms with Crippen LogP contribution < -0.4 is 0 Å². The molecule has 0 aliphatic heterocycles. The zero-order valence-electron chi connectivity index (χ0n) is 12.7. The van der Waals surface area contributed by atoms with E-state index < -0.39 is 17.8 Å². The fraction of sp³-hybridized carbons (Fsp3) is 0.462. The third-order valence-electron chi connectivity index (χ3n) is 3.32. The smallest absolute Gasteiger partial charge is 0.334 e. The highest BCUT2D eigenvalue weighted by Crippen LogP contribution is 2.28. The van der Waals surface area contributed by atoms with Crippen molar-refractivity contribution in [3.05, 3.63) is 34.4 Å². The lowest BCUT2D eigenvalue weighted by atomic mass is 10.3. The minimum Gasteiger partial charge on any atom is -0.334 e. The largest absolute Gasteiger partial charge is 0.435 e. The molecule has 6 nitrogen and oxygen atoms in total. The molecule has 0 aliphatic carbocycles. The van der Waals surface area contributed by atoms with Crippen LogP contribution in [0.15, 0.2) is 12.3 Å². The number of nitrogens with zero attached hydrogens (tertiary/aromatic N) is 5. The lowest BCUT2D eigenvalue weighted by Gasteiger charge is -2.18. The maximum atomic E-state index is 12.7. The van der Waals surface area contributed by atoms with E-state index in [1.54, 1.807) is 4.68 Å². The van der Waals surface area contributed by atoms with Crippen LogP contribution in [0.5, 0.6) is 0 Å². The van der Waals surface area contributed by atoms with E-state index in [0.717, 1.165) is 10.7 Å². The van der Waals surface area contributed by atoms with Crippen LogP contribution in [-0.4, -0.2) is 37.4 Å². The van der Waals surface area contributed by atoms with Gasteiger partial charge in [-0.3, -0.25) is 14.2 Å². The van der Waals surface area contributed by atoms with Gasteiger partial charge in [0.05, 0.1) is 23.5 Å². The van der Waals surface area contributed by atoms with E-state index in [4.69, 9.17) is 11.6 Å². The summed E-state index contributed by atoms with van der Waals surface area (Å²) in [5, 5.41) is 7.78. The Labute approximate surface area is 135 Å². The molecule has 1 amide bonds. The Hall–Kier alpha value is -2.03. The number of hydrogen-bond donors (Lipinski definition) is 0. The molecule has 2 heterocycles. The van der Waals surface area contributed by atoms with Crippen molar-refractivity contribution in [2.45, 2.75) is 26.2 Å². The summed E-state index contributed by atoms with van der Waals surface area (Å²) in [4.78, 5) is 13.6. The fourth-order valence-corrected chi connectivity index (χ4v) is 2.32. The van der Waals surface area contributed by atoms with E-state index in [2.05, 4.69) is 10.2 Å². The SMILES string of the molecule is CCn1ncc(Cl)c1CN(C)C(=O)c1cc(C(F)(F)F)nn1C. The maximum absolute atomic E-state index is 12.7. The summed E-state index contributed by atoms with van der Waals surface area (Å²) >= 11 is 6.03. The highest BCUT2D eigenvalue weighted by Gasteiger charge is 2.35. The van der Waals surface area contributed by atoms with E-state index in [-0.39, 0.29) is 12.2 Å². The standard InChI is InChI=1S/C13H15ClF3N5O/c1-4-22-10(8(14)6-18-22)7-20(2)12(23)9-5-11(13(15,16)17)19-21(9)3/h5-6H,4,7H2,1-3H3. The van der Waals surface area contributed by atoms with E-state index in [0.29, 0.717) is 17.3 Å². The lowest BCUT2D eigenvalue weighted by Crippen LogP contribution is -2.29. The molecule has 2 aromatic heterocycles. The molecule has 0 N–H and O–H groups in total. The van der Waals surface area contributed by atoms with Gasteiger partial charge in [-0.05, 0) is 6.92 Å². The Morgan fingerprint density at radius 2 is 2.09 bits per heavy atom. The van der Waals surface area contributed by atoms with Crippen LogP contribution >= 0.6 is 11.6 Å². The highest BCUT2D eigenvalue weighted by atomic mass is 35.5. The predicted octanol–water partition coefficient (Wildman–Crippen LogP) is 2.58. The van der Waals surface area contributed by atoms with Gasteiger partial charge in [0, 0.05) is 26.7 Å². The molecular formula is C13H15ClF3N5O. The number of aryl methyl sites for hydroxylation is 2. The Bertz CT molecular complexity index is 722. The first kappa shape index (κ1) is 17.3. The molecule has 0 saturated carbocycles.